The maximum Gasteiger partial charge on any atom is 0.265 e. The van der Waals surface area contributed by atoms with Crippen LogP contribution < -0.4 is 9.46 Å². The second kappa shape index (κ2) is 5.22. The van der Waals surface area contributed by atoms with E-state index in [1.165, 1.54) is 24.2 Å². The summed E-state index contributed by atoms with van der Waals surface area (Å²) in [6.45, 7) is 0. The molecular weight excluding hydrogens is 334 g/mol. The van der Waals surface area contributed by atoms with Crippen LogP contribution in [0.4, 0.5) is 5.69 Å². The molecule has 0 amide bonds. The van der Waals surface area contributed by atoms with E-state index in [2.05, 4.69) is 25.8 Å². The van der Waals surface area contributed by atoms with E-state index in [0.717, 1.165) is 0 Å². The molecule has 2 rings (SSSR count). The van der Waals surface area contributed by atoms with Crippen LogP contribution in [-0.4, -0.2) is 25.3 Å². The Balaban J connectivity index is 2.35. The largest absolute Gasteiger partial charge is 0.497 e. The Kier molecular flexibility index (Phi) is 3.81. The Hall–Kier alpha value is -1.54. The lowest BCUT2D eigenvalue weighted by Gasteiger charge is -2.09. The molecule has 0 saturated carbocycles. The highest BCUT2D eigenvalue weighted by atomic mass is 79.9. The van der Waals surface area contributed by atoms with E-state index < -0.39 is 10.0 Å². The Morgan fingerprint density at radius 3 is 2.74 bits per heavy atom. The van der Waals surface area contributed by atoms with Crippen molar-refractivity contribution in [1.82, 2.24) is 9.78 Å². The number of halogens is 1. The van der Waals surface area contributed by atoms with Gasteiger partial charge in [-0.15, -0.1) is 0 Å². The molecule has 1 N–H and O–H groups in total. The molecule has 0 unspecified atom stereocenters. The number of nitrogens with one attached hydrogen (secondary N) is 1. The van der Waals surface area contributed by atoms with Gasteiger partial charge in [0.15, 0.2) is 0 Å². The van der Waals surface area contributed by atoms with Gasteiger partial charge in [-0.3, -0.25) is 9.40 Å². The van der Waals surface area contributed by atoms with Crippen molar-refractivity contribution in [3.05, 3.63) is 35.1 Å². The third-order valence-corrected chi connectivity index (χ3v) is 4.42. The van der Waals surface area contributed by atoms with Gasteiger partial charge < -0.3 is 4.74 Å². The van der Waals surface area contributed by atoms with Gasteiger partial charge in [-0.05, 0) is 28.1 Å². The van der Waals surface area contributed by atoms with Crippen molar-refractivity contribution in [2.75, 3.05) is 11.8 Å². The summed E-state index contributed by atoms with van der Waals surface area (Å²) in [6.07, 6.45) is 2.72. The van der Waals surface area contributed by atoms with Crippen LogP contribution in [0.5, 0.6) is 5.75 Å². The third kappa shape index (κ3) is 3.07. The molecule has 0 atom stereocenters. The number of nitrogens with zero attached hydrogens (tertiary/aromatic N) is 2. The first kappa shape index (κ1) is 13.9. The zero-order valence-electron chi connectivity index (χ0n) is 10.3. The number of hydrogen-bond donors (Lipinski definition) is 1. The van der Waals surface area contributed by atoms with E-state index in [9.17, 15) is 8.42 Å². The Bertz CT molecular complexity index is 697. The first-order valence-electron chi connectivity index (χ1n) is 5.27. The number of methoxy groups -OCH3 is 1. The zero-order chi connectivity index (χ0) is 14.0. The molecule has 2 aromatic rings. The Morgan fingerprint density at radius 2 is 2.16 bits per heavy atom. The van der Waals surface area contributed by atoms with E-state index >= 15 is 0 Å². The Labute approximate surface area is 119 Å². The minimum Gasteiger partial charge on any atom is -0.497 e. The number of benzene rings is 1. The fourth-order valence-electron chi connectivity index (χ4n) is 1.45. The number of sulfonamides is 1. The molecule has 0 radical (unpaired) electrons. The second-order valence-electron chi connectivity index (χ2n) is 3.80. The molecule has 6 nitrogen and oxygen atoms in total. The topological polar surface area (TPSA) is 73.2 Å². The quantitative estimate of drug-likeness (QED) is 0.919. The van der Waals surface area contributed by atoms with E-state index in [1.807, 2.05) is 0 Å². The molecule has 0 aliphatic heterocycles. The van der Waals surface area contributed by atoms with Gasteiger partial charge in [0, 0.05) is 23.8 Å². The molecule has 102 valence electrons. The molecule has 1 heterocycles. The summed E-state index contributed by atoms with van der Waals surface area (Å²) in [6, 6.07) is 5.03. The molecule has 0 aliphatic rings. The SMILES string of the molecule is COc1ccc(Br)c(NS(=O)(=O)c2cnn(C)c2)c1. The molecule has 0 bridgehead atoms. The first-order valence-corrected chi connectivity index (χ1v) is 7.55. The Morgan fingerprint density at radius 1 is 1.42 bits per heavy atom. The van der Waals surface area contributed by atoms with Crippen LogP contribution in [-0.2, 0) is 17.1 Å². The second-order valence-corrected chi connectivity index (χ2v) is 6.34. The van der Waals surface area contributed by atoms with Gasteiger partial charge in [0.1, 0.15) is 10.6 Å². The minimum atomic E-state index is -3.66. The van der Waals surface area contributed by atoms with Crippen molar-refractivity contribution < 1.29 is 13.2 Å². The highest BCUT2D eigenvalue weighted by Gasteiger charge is 2.17. The van der Waals surface area contributed by atoms with Crippen LogP contribution in [0.15, 0.2) is 40.0 Å². The first-order chi connectivity index (χ1) is 8.92. The molecule has 19 heavy (non-hydrogen) atoms. The third-order valence-electron chi connectivity index (χ3n) is 2.41. The van der Waals surface area contributed by atoms with E-state index in [-0.39, 0.29) is 4.90 Å². The predicted molar refractivity (Wildman–Crippen MR) is 74.7 cm³/mol. The zero-order valence-corrected chi connectivity index (χ0v) is 12.7. The normalized spacial score (nSPS) is 11.3. The van der Waals surface area contributed by atoms with Gasteiger partial charge in [0.05, 0.1) is 19.0 Å². The number of hydrogen-bond acceptors (Lipinski definition) is 4. The van der Waals surface area contributed by atoms with Crippen LogP contribution in [0.2, 0.25) is 0 Å². The van der Waals surface area contributed by atoms with Crippen molar-refractivity contribution in [1.29, 1.82) is 0 Å². The van der Waals surface area contributed by atoms with E-state index in [0.29, 0.717) is 15.9 Å². The smallest absolute Gasteiger partial charge is 0.265 e. The summed E-state index contributed by atoms with van der Waals surface area (Å²) in [7, 11) is -0.489. The fourth-order valence-corrected chi connectivity index (χ4v) is 2.98. The maximum atomic E-state index is 12.1. The molecule has 8 heteroatoms. The number of rotatable bonds is 4. The molecule has 1 aromatic heterocycles. The monoisotopic (exact) mass is 345 g/mol. The van der Waals surface area contributed by atoms with Crippen LogP contribution in [0.3, 0.4) is 0 Å². The van der Waals surface area contributed by atoms with Crippen molar-refractivity contribution >= 4 is 31.6 Å². The maximum absolute atomic E-state index is 12.1. The van der Waals surface area contributed by atoms with E-state index in [4.69, 9.17) is 4.74 Å². The lowest BCUT2D eigenvalue weighted by atomic mass is 10.3. The fraction of sp³-hybridized carbons (Fsp3) is 0.182. The average Bonchev–Trinajstić information content (AvgIpc) is 2.79. The van der Waals surface area contributed by atoms with Gasteiger partial charge in [-0.1, -0.05) is 0 Å². The summed E-state index contributed by atoms with van der Waals surface area (Å²) in [4.78, 5) is 0.102. The molecule has 0 spiro atoms. The highest BCUT2D eigenvalue weighted by Crippen LogP contribution is 2.29. The molecule has 0 aliphatic carbocycles. The van der Waals surface area contributed by atoms with Crippen LogP contribution in [0.1, 0.15) is 0 Å². The van der Waals surface area contributed by atoms with Gasteiger partial charge in [-0.2, -0.15) is 5.10 Å². The number of aryl methyl sites for hydroxylation is 1. The minimum absolute atomic E-state index is 0.102. The number of ether oxygens (including phenoxy) is 1. The van der Waals surface area contributed by atoms with Crippen molar-refractivity contribution in [2.24, 2.45) is 7.05 Å². The van der Waals surface area contributed by atoms with Gasteiger partial charge in [0.2, 0.25) is 0 Å². The van der Waals surface area contributed by atoms with Gasteiger partial charge >= 0.3 is 0 Å². The number of anilines is 1. The summed E-state index contributed by atoms with van der Waals surface area (Å²) in [5, 5.41) is 3.84. The van der Waals surface area contributed by atoms with Crippen LogP contribution in [0.25, 0.3) is 0 Å². The summed E-state index contributed by atoms with van der Waals surface area (Å²) in [5.41, 5.74) is 0.406. The lowest BCUT2D eigenvalue weighted by molar-refractivity contribution is 0.415. The number of aromatic nitrogens is 2. The lowest BCUT2D eigenvalue weighted by Crippen LogP contribution is -2.12. The van der Waals surface area contributed by atoms with Crippen molar-refractivity contribution in [3.63, 3.8) is 0 Å². The highest BCUT2D eigenvalue weighted by molar-refractivity contribution is 9.10. The standard InChI is InChI=1S/C11H12BrN3O3S/c1-15-7-9(6-13-15)19(16,17)14-11-5-8(18-2)3-4-10(11)12/h3-7,14H,1-2H3. The summed E-state index contributed by atoms with van der Waals surface area (Å²) < 4.78 is 33.9. The summed E-state index contributed by atoms with van der Waals surface area (Å²) in [5.74, 6) is 0.562. The molecular formula is C11H12BrN3O3S. The van der Waals surface area contributed by atoms with Crippen molar-refractivity contribution in [2.45, 2.75) is 4.90 Å². The molecule has 0 fully saturated rings. The van der Waals surface area contributed by atoms with Crippen LogP contribution >= 0.6 is 15.9 Å². The summed E-state index contributed by atoms with van der Waals surface area (Å²) >= 11 is 3.29. The van der Waals surface area contributed by atoms with Crippen molar-refractivity contribution in [3.8, 4) is 5.75 Å². The van der Waals surface area contributed by atoms with E-state index in [1.54, 1.807) is 25.2 Å². The van der Waals surface area contributed by atoms with Gasteiger partial charge in [0.25, 0.3) is 10.0 Å². The average molecular weight is 346 g/mol. The van der Waals surface area contributed by atoms with Crippen LogP contribution in [0, 0.1) is 0 Å². The molecule has 1 aromatic carbocycles. The molecule has 0 saturated heterocycles. The predicted octanol–water partition coefficient (Wildman–Crippen LogP) is 1.99. The van der Waals surface area contributed by atoms with Gasteiger partial charge in [-0.25, -0.2) is 8.42 Å².